The molecule has 182 valence electrons. The van der Waals surface area contributed by atoms with Crippen LogP contribution in [0.1, 0.15) is 76.1 Å². The highest BCUT2D eigenvalue weighted by molar-refractivity contribution is 8.03. The van der Waals surface area contributed by atoms with Crippen molar-refractivity contribution in [3.05, 3.63) is 75.2 Å². The van der Waals surface area contributed by atoms with Gasteiger partial charge in [0.05, 0.1) is 17.2 Å². The summed E-state index contributed by atoms with van der Waals surface area (Å²) in [4.78, 5) is 1.25. The van der Waals surface area contributed by atoms with Crippen LogP contribution in [0.2, 0.25) is 0 Å². The minimum atomic E-state index is -4.38. The number of hydrogen-bond acceptors (Lipinski definition) is 2. The van der Waals surface area contributed by atoms with Gasteiger partial charge in [-0.05, 0) is 103 Å². The van der Waals surface area contributed by atoms with Crippen LogP contribution < -0.4 is 0 Å². The molecule has 0 saturated heterocycles. The molecule has 0 bridgehead atoms. The van der Waals surface area contributed by atoms with E-state index in [0.29, 0.717) is 17.0 Å². The Bertz CT molecular complexity index is 1080. The average Bonchev–Trinajstić information content (AvgIpc) is 2.79. The molecule has 2 aromatic rings. The molecule has 0 heterocycles. The van der Waals surface area contributed by atoms with Gasteiger partial charge < -0.3 is 0 Å². The van der Waals surface area contributed by atoms with E-state index >= 15 is 0 Å². The van der Waals surface area contributed by atoms with E-state index in [4.69, 9.17) is 0 Å². The monoisotopic (exact) mass is 485 g/mol. The molecular formula is C29H34F3NS. The van der Waals surface area contributed by atoms with Gasteiger partial charge in [-0.3, -0.25) is 0 Å². The Morgan fingerprint density at radius 3 is 2.29 bits per heavy atom. The van der Waals surface area contributed by atoms with Crippen molar-refractivity contribution in [3.63, 3.8) is 0 Å². The van der Waals surface area contributed by atoms with E-state index in [1.54, 1.807) is 6.07 Å². The van der Waals surface area contributed by atoms with E-state index in [1.165, 1.54) is 29.0 Å². The van der Waals surface area contributed by atoms with E-state index < -0.39 is 11.7 Å². The first-order valence-corrected chi connectivity index (χ1v) is 12.7. The molecule has 0 N–H and O–H groups in total. The Labute approximate surface area is 206 Å². The van der Waals surface area contributed by atoms with E-state index in [1.807, 2.05) is 24.8 Å². The smallest absolute Gasteiger partial charge is 0.192 e. The molecule has 0 amide bonds. The minimum Gasteiger partial charge on any atom is -0.192 e. The second-order valence-electron chi connectivity index (χ2n) is 8.99. The molecule has 34 heavy (non-hydrogen) atoms. The molecule has 0 saturated carbocycles. The number of hydrogen-bond donors (Lipinski definition) is 0. The minimum absolute atomic E-state index is 0.494. The van der Waals surface area contributed by atoms with Gasteiger partial charge in [-0.1, -0.05) is 45.4 Å². The summed E-state index contributed by atoms with van der Waals surface area (Å²) in [5.41, 5.74) is 5.43. The fourth-order valence-electron chi connectivity index (χ4n) is 3.87. The number of nitrogens with zero attached hydrogens (tertiary/aromatic N) is 1. The summed E-state index contributed by atoms with van der Waals surface area (Å²) in [6.45, 7) is 12.8. The summed E-state index contributed by atoms with van der Waals surface area (Å²) in [6.07, 6.45) is 1.17. The van der Waals surface area contributed by atoms with E-state index in [0.717, 1.165) is 53.0 Å². The molecular weight excluding hydrogens is 451 g/mol. The van der Waals surface area contributed by atoms with Crippen molar-refractivity contribution >= 4 is 17.3 Å². The lowest BCUT2D eigenvalue weighted by Crippen LogP contribution is -2.04. The molecule has 2 aromatic carbocycles. The maximum absolute atomic E-state index is 13.0. The molecule has 0 unspecified atom stereocenters. The highest BCUT2D eigenvalue weighted by Crippen LogP contribution is 2.37. The van der Waals surface area contributed by atoms with Crippen molar-refractivity contribution < 1.29 is 13.2 Å². The molecule has 0 fully saturated rings. The van der Waals surface area contributed by atoms with E-state index in [9.17, 15) is 18.4 Å². The zero-order chi connectivity index (χ0) is 25.5. The van der Waals surface area contributed by atoms with Gasteiger partial charge >= 0.3 is 6.18 Å². The third kappa shape index (κ3) is 7.27. The average molecular weight is 486 g/mol. The molecule has 5 heteroatoms. The number of thioether (sulfide) groups is 1. The molecule has 0 aliphatic heterocycles. The molecule has 2 rings (SSSR count). The predicted octanol–water partition coefficient (Wildman–Crippen LogP) is 9.81. The van der Waals surface area contributed by atoms with Crippen molar-refractivity contribution in [2.45, 2.75) is 67.0 Å². The largest absolute Gasteiger partial charge is 0.416 e. The maximum atomic E-state index is 13.0. The van der Waals surface area contributed by atoms with Crippen LogP contribution >= 0.6 is 11.8 Å². The van der Waals surface area contributed by atoms with Crippen LogP contribution in [-0.4, -0.2) is 5.75 Å². The lowest BCUT2D eigenvalue weighted by Gasteiger charge is -2.18. The zero-order valence-corrected chi connectivity index (χ0v) is 21.8. The Hall–Kier alpha value is -2.45. The summed E-state index contributed by atoms with van der Waals surface area (Å²) in [5.74, 6) is 1.75. The second kappa shape index (κ2) is 12.3. The first-order chi connectivity index (χ1) is 16.0. The highest BCUT2D eigenvalue weighted by atomic mass is 32.2. The number of allylic oxidation sites excluding steroid dienone is 3. The standard InChI is InChI=1S/C29H34F3NS/c1-7-9-28(34-15-8-10-19(2)3)21(5)20(4)26-16-23(18-33)17-27(22(26)6)24-11-13-25(14-12-24)29(30,31)32/h9,11-14,16-17,19H,7-8,10,15H2,1-6H3/b21-20+,28-9+. The molecule has 1 nitrogen and oxygen atoms in total. The predicted molar refractivity (Wildman–Crippen MR) is 140 cm³/mol. The van der Waals surface area contributed by atoms with Gasteiger partial charge in [-0.15, -0.1) is 11.8 Å². The summed E-state index contributed by atoms with van der Waals surface area (Å²) in [7, 11) is 0. The zero-order valence-electron chi connectivity index (χ0n) is 20.9. The van der Waals surface area contributed by atoms with Crippen molar-refractivity contribution in [1.29, 1.82) is 5.26 Å². The number of rotatable bonds is 9. The Balaban J connectivity index is 2.50. The van der Waals surface area contributed by atoms with Crippen LogP contribution in [0, 0.1) is 24.2 Å². The Kier molecular flexibility index (Phi) is 10.1. The van der Waals surface area contributed by atoms with Crippen molar-refractivity contribution in [1.82, 2.24) is 0 Å². The van der Waals surface area contributed by atoms with Gasteiger partial charge in [0.25, 0.3) is 0 Å². The van der Waals surface area contributed by atoms with Crippen LogP contribution in [0.25, 0.3) is 16.7 Å². The second-order valence-corrected chi connectivity index (χ2v) is 10.1. The molecule has 0 aliphatic rings. The van der Waals surface area contributed by atoms with Crippen molar-refractivity contribution in [3.8, 4) is 17.2 Å². The summed E-state index contributed by atoms with van der Waals surface area (Å²) in [5, 5.41) is 9.65. The van der Waals surface area contributed by atoms with Crippen LogP contribution in [-0.2, 0) is 6.18 Å². The molecule has 0 aromatic heterocycles. The lowest BCUT2D eigenvalue weighted by atomic mass is 9.89. The van der Waals surface area contributed by atoms with Crippen molar-refractivity contribution in [2.75, 3.05) is 5.75 Å². The van der Waals surface area contributed by atoms with E-state index in [-0.39, 0.29) is 0 Å². The molecule has 0 atom stereocenters. The highest BCUT2D eigenvalue weighted by Gasteiger charge is 2.30. The molecule has 0 radical (unpaired) electrons. The third-order valence-electron chi connectivity index (χ3n) is 5.97. The number of benzene rings is 2. The third-order valence-corrected chi connectivity index (χ3v) is 7.25. The first-order valence-electron chi connectivity index (χ1n) is 11.7. The van der Waals surface area contributed by atoms with Crippen LogP contribution in [0.3, 0.4) is 0 Å². The SMILES string of the molecule is CC/C=C(SCCCC(C)C)\C(C)=C(/C)c1cc(C#N)cc(-c2ccc(C(F)(F)F)cc2)c1C. The van der Waals surface area contributed by atoms with Gasteiger partial charge in [0.15, 0.2) is 0 Å². The van der Waals surface area contributed by atoms with Crippen LogP contribution in [0.5, 0.6) is 0 Å². The Morgan fingerprint density at radius 1 is 1.12 bits per heavy atom. The number of nitriles is 1. The maximum Gasteiger partial charge on any atom is 0.416 e. The van der Waals surface area contributed by atoms with Crippen LogP contribution in [0.15, 0.2) is 53.0 Å². The first kappa shape index (κ1) is 27.8. The molecule has 0 spiro atoms. The summed E-state index contributed by atoms with van der Waals surface area (Å²) < 4.78 is 39.0. The summed E-state index contributed by atoms with van der Waals surface area (Å²) >= 11 is 1.87. The van der Waals surface area contributed by atoms with Gasteiger partial charge in [0.2, 0.25) is 0 Å². The van der Waals surface area contributed by atoms with Gasteiger partial charge in [0.1, 0.15) is 0 Å². The number of alkyl halides is 3. The van der Waals surface area contributed by atoms with Gasteiger partial charge in [-0.25, -0.2) is 0 Å². The molecule has 0 aliphatic carbocycles. The summed E-state index contributed by atoms with van der Waals surface area (Å²) in [6, 6.07) is 11.0. The number of halogens is 3. The van der Waals surface area contributed by atoms with Gasteiger partial charge in [-0.2, -0.15) is 18.4 Å². The van der Waals surface area contributed by atoms with Crippen molar-refractivity contribution in [2.24, 2.45) is 5.92 Å². The fourth-order valence-corrected chi connectivity index (χ4v) is 5.06. The Morgan fingerprint density at radius 2 is 1.76 bits per heavy atom. The lowest BCUT2D eigenvalue weighted by molar-refractivity contribution is -0.137. The quantitative estimate of drug-likeness (QED) is 0.261. The van der Waals surface area contributed by atoms with E-state index in [2.05, 4.69) is 46.8 Å². The fraction of sp³-hybridized carbons (Fsp3) is 0.414. The topological polar surface area (TPSA) is 23.8 Å². The van der Waals surface area contributed by atoms with Crippen LogP contribution in [0.4, 0.5) is 13.2 Å². The normalized spacial score (nSPS) is 13.1. The van der Waals surface area contributed by atoms with Gasteiger partial charge in [0, 0.05) is 4.91 Å².